The van der Waals surface area contributed by atoms with E-state index in [0.717, 1.165) is 4.90 Å². The fourth-order valence-electron chi connectivity index (χ4n) is 3.85. The lowest BCUT2D eigenvalue weighted by Crippen LogP contribution is -2.32. The number of ether oxygens (including phenoxy) is 1. The molecular weight excluding hydrogens is 529 g/mol. The maximum absolute atomic E-state index is 13.1. The minimum Gasteiger partial charge on any atom is -0.462 e. The molecule has 4 rings (SSSR count). The van der Waals surface area contributed by atoms with Gasteiger partial charge in [-0.05, 0) is 67.4 Å². The van der Waals surface area contributed by atoms with Crippen LogP contribution in [0.3, 0.4) is 0 Å². The zero-order valence-corrected chi connectivity index (χ0v) is 22.0. The summed E-state index contributed by atoms with van der Waals surface area (Å²) in [4.78, 5) is 51.2. The van der Waals surface area contributed by atoms with E-state index in [0.29, 0.717) is 38.8 Å². The molecule has 1 aliphatic rings. The average Bonchev–Trinajstić information content (AvgIpc) is 3.10. The predicted octanol–water partition coefficient (Wildman–Crippen LogP) is 5.44. The molecule has 0 saturated heterocycles. The Morgan fingerprint density at radius 3 is 2.34 bits per heavy atom. The first-order valence-electron chi connectivity index (χ1n) is 11.7. The van der Waals surface area contributed by atoms with Crippen LogP contribution in [-0.4, -0.2) is 30.3 Å². The molecule has 0 saturated carbocycles. The van der Waals surface area contributed by atoms with Gasteiger partial charge < -0.3 is 15.4 Å². The van der Waals surface area contributed by atoms with Crippen LogP contribution in [0, 0.1) is 6.92 Å². The Morgan fingerprint density at radius 1 is 0.921 bits per heavy atom. The maximum Gasteiger partial charge on any atom is 0.338 e. The van der Waals surface area contributed by atoms with Gasteiger partial charge >= 0.3 is 5.97 Å². The number of rotatable bonds is 8. The number of amides is 3. The zero-order chi connectivity index (χ0) is 27.4. The smallest absolute Gasteiger partial charge is 0.338 e. The van der Waals surface area contributed by atoms with Crippen molar-refractivity contribution in [1.82, 2.24) is 0 Å². The molecule has 10 heteroatoms. The lowest BCUT2D eigenvalue weighted by molar-refractivity contribution is -0.120. The molecule has 38 heavy (non-hydrogen) atoms. The fraction of sp³-hybridized carbons (Fsp3) is 0.143. The van der Waals surface area contributed by atoms with Gasteiger partial charge in [-0.15, -0.1) is 0 Å². The summed E-state index contributed by atoms with van der Waals surface area (Å²) in [6.07, 6.45) is 0.0760. The van der Waals surface area contributed by atoms with Crippen molar-refractivity contribution in [2.75, 3.05) is 22.1 Å². The lowest BCUT2D eigenvalue weighted by Gasteiger charge is -2.18. The van der Waals surface area contributed by atoms with Gasteiger partial charge in [0.05, 0.1) is 24.3 Å². The third-order valence-electron chi connectivity index (χ3n) is 5.75. The molecule has 0 spiro atoms. The van der Waals surface area contributed by atoms with Gasteiger partial charge in [0.15, 0.2) is 0 Å². The van der Waals surface area contributed by atoms with Gasteiger partial charge in [-0.2, -0.15) is 0 Å². The minimum atomic E-state index is -0.648. The summed E-state index contributed by atoms with van der Waals surface area (Å²) >= 11 is 12.4. The normalized spacial score (nSPS) is 13.1. The second-order valence-electron chi connectivity index (χ2n) is 8.37. The van der Waals surface area contributed by atoms with E-state index in [-0.39, 0.29) is 29.7 Å². The average molecular weight is 552 g/mol. The Kier molecular flexibility index (Phi) is 8.14. The quantitative estimate of drug-likeness (QED) is 0.285. The van der Waals surface area contributed by atoms with Crippen LogP contribution < -0.4 is 15.5 Å². The van der Waals surface area contributed by atoms with E-state index < -0.39 is 17.8 Å². The number of anilines is 3. The van der Waals surface area contributed by atoms with Gasteiger partial charge in [0.25, 0.3) is 11.8 Å². The SMILES string of the molecule is CCOC(=O)c1cccc(NC(=O)Cc2ccc(NC3=C(Cl)C(=O)N(c4cccc(Cl)c4C)C3=O)cc2)c1. The molecule has 8 nitrogen and oxygen atoms in total. The van der Waals surface area contributed by atoms with Crippen LogP contribution in [0.5, 0.6) is 0 Å². The lowest BCUT2D eigenvalue weighted by atomic mass is 10.1. The zero-order valence-electron chi connectivity index (χ0n) is 20.5. The highest BCUT2D eigenvalue weighted by Gasteiger charge is 2.39. The fourth-order valence-corrected chi connectivity index (χ4v) is 4.23. The number of hydrogen-bond acceptors (Lipinski definition) is 6. The van der Waals surface area contributed by atoms with Crippen LogP contribution in [0.2, 0.25) is 5.02 Å². The summed E-state index contributed by atoms with van der Waals surface area (Å²) in [5.74, 6) is -1.99. The molecule has 194 valence electrons. The van der Waals surface area contributed by atoms with Gasteiger partial charge in [0.2, 0.25) is 5.91 Å². The Balaban J connectivity index is 1.41. The molecule has 0 bridgehead atoms. The molecule has 2 N–H and O–H groups in total. The summed E-state index contributed by atoms with van der Waals surface area (Å²) < 4.78 is 4.98. The number of esters is 1. The Hall–Kier alpha value is -4.14. The number of hydrogen-bond donors (Lipinski definition) is 2. The molecule has 1 aliphatic heterocycles. The molecule has 0 fully saturated rings. The van der Waals surface area contributed by atoms with Crippen molar-refractivity contribution >= 4 is 64.0 Å². The van der Waals surface area contributed by atoms with Gasteiger partial charge in [-0.1, -0.05) is 47.5 Å². The Bertz CT molecular complexity index is 1470. The molecule has 3 amide bonds. The molecule has 0 atom stereocenters. The largest absolute Gasteiger partial charge is 0.462 e. The van der Waals surface area contributed by atoms with Gasteiger partial charge in [-0.3, -0.25) is 14.4 Å². The van der Waals surface area contributed by atoms with Crippen LogP contribution >= 0.6 is 23.2 Å². The summed E-state index contributed by atoms with van der Waals surface area (Å²) in [6.45, 7) is 3.69. The molecule has 0 unspecified atom stereocenters. The van der Waals surface area contributed by atoms with Gasteiger partial charge in [-0.25, -0.2) is 9.69 Å². The molecular formula is C28H23Cl2N3O5. The van der Waals surface area contributed by atoms with Gasteiger partial charge in [0.1, 0.15) is 10.7 Å². The number of carbonyl (C=O) groups is 4. The van der Waals surface area contributed by atoms with E-state index in [1.165, 1.54) is 0 Å². The van der Waals surface area contributed by atoms with E-state index in [2.05, 4.69) is 10.6 Å². The van der Waals surface area contributed by atoms with Crippen LogP contribution in [0.1, 0.15) is 28.4 Å². The minimum absolute atomic E-state index is 0.0528. The third-order valence-corrected chi connectivity index (χ3v) is 6.51. The standard InChI is InChI=1S/C28H23Cl2N3O5/c1-3-38-28(37)18-6-4-7-20(15-18)31-23(34)14-17-10-12-19(13-11-17)32-25-24(30)26(35)33(27(25)36)22-9-5-8-21(29)16(22)2/h4-13,15,32H,3,14H2,1-2H3,(H,31,34). The topological polar surface area (TPSA) is 105 Å². The van der Waals surface area contributed by atoms with Crippen molar-refractivity contribution in [2.45, 2.75) is 20.3 Å². The summed E-state index contributed by atoms with van der Waals surface area (Å²) in [5.41, 5.74) is 2.92. The van der Waals surface area contributed by atoms with Crippen molar-refractivity contribution in [3.05, 3.63) is 99.2 Å². The van der Waals surface area contributed by atoms with Crippen LogP contribution in [0.25, 0.3) is 0 Å². The van der Waals surface area contributed by atoms with Crippen molar-refractivity contribution in [1.29, 1.82) is 0 Å². The van der Waals surface area contributed by atoms with Crippen LogP contribution in [0.15, 0.2) is 77.5 Å². The molecule has 0 radical (unpaired) electrons. The van der Waals surface area contributed by atoms with E-state index >= 15 is 0 Å². The Morgan fingerprint density at radius 2 is 1.63 bits per heavy atom. The first kappa shape index (κ1) is 26.9. The maximum atomic E-state index is 13.1. The number of carbonyl (C=O) groups excluding carboxylic acids is 4. The van der Waals surface area contributed by atoms with E-state index in [9.17, 15) is 19.2 Å². The van der Waals surface area contributed by atoms with Gasteiger partial charge in [0, 0.05) is 16.4 Å². The number of nitrogens with zero attached hydrogens (tertiary/aromatic N) is 1. The second-order valence-corrected chi connectivity index (χ2v) is 9.15. The molecule has 0 aliphatic carbocycles. The highest BCUT2D eigenvalue weighted by atomic mass is 35.5. The molecule has 3 aromatic carbocycles. The molecule has 0 aromatic heterocycles. The summed E-state index contributed by atoms with van der Waals surface area (Å²) in [5, 5.41) is 5.86. The van der Waals surface area contributed by atoms with E-state index in [1.807, 2.05) is 0 Å². The Labute approximate surface area is 229 Å². The first-order valence-corrected chi connectivity index (χ1v) is 12.4. The van der Waals surface area contributed by atoms with Crippen molar-refractivity contribution in [2.24, 2.45) is 0 Å². The summed E-state index contributed by atoms with van der Waals surface area (Å²) in [7, 11) is 0. The summed E-state index contributed by atoms with van der Waals surface area (Å²) in [6, 6.07) is 18.2. The number of imide groups is 1. The predicted molar refractivity (Wildman–Crippen MR) is 146 cm³/mol. The highest BCUT2D eigenvalue weighted by molar-refractivity contribution is 6.53. The second kappa shape index (κ2) is 11.5. The van der Waals surface area contributed by atoms with E-state index in [1.54, 1.807) is 80.6 Å². The van der Waals surface area contributed by atoms with Crippen molar-refractivity contribution in [3.8, 4) is 0 Å². The number of halogens is 2. The molecule has 3 aromatic rings. The van der Waals surface area contributed by atoms with Crippen LogP contribution in [0.4, 0.5) is 17.1 Å². The van der Waals surface area contributed by atoms with Crippen LogP contribution in [-0.2, 0) is 25.5 Å². The number of benzene rings is 3. The van der Waals surface area contributed by atoms with Crippen molar-refractivity contribution < 1.29 is 23.9 Å². The monoisotopic (exact) mass is 551 g/mol. The van der Waals surface area contributed by atoms with Crippen molar-refractivity contribution in [3.63, 3.8) is 0 Å². The molecule has 1 heterocycles. The third kappa shape index (κ3) is 5.72. The number of nitrogens with one attached hydrogen (secondary N) is 2. The van der Waals surface area contributed by atoms with E-state index in [4.69, 9.17) is 27.9 Å². The first-order chi connectivity index (χ1) is 18.2. The highest BCUT2D eigenvalue weighted by Crippen LogP contribution is 2.34.